The first-order valence-corrected chi connectivity index (χ1v) is 7.87. The van der Waals surface area contributed by atoms with Crippen LogP contribution in [0.4, 0.5) is 5.69 Å². The topological polar surface area (TPSA) is 12.5 Å². The SMILES string of the molecule is CCCOCC1c2ccccc2CCN1c1ccccc1. The molecule has 2 nitrogen and oxygen atoms in total. The second kappa shape index (κ2) is 6.77. The highest BCUT2D eigenvalue weighted by atomic mass is 16.5. The molecule has 0 aromatic heterocycles. The Morgan fingerprint density at radius 3 is 2.62 bits per heavy atom. The highest BCUT2D eigenvalue weighted by Crippen LogP contribution is 2.33. The lowest BCUT2D eigenvalue weighted by Gasteiger charge is -2.39. The average molecular weight is 281 g/mol. The van der Waals surface area contributed by atoms with Crippen molar-refractivity contribution < 1.29 is 4.74 Å². The molecular weight excluding hydrogens is 258 g/mol. The molecule has 0 radical (unpaired) electrons. The van der Waals surface area contributed by atoms with Crippen LogP contribution in [0.25, 0.3) is 0 Å². The summed E-state index contributed by atoms with van der Waals surface area (Å²) in [5.74, 6) is 0. The Kier molecular flexibility index (Phi) is 4.56. The summed E-state index contributed by atoms with van der Waals surface area (Å²) in [6, 6.07) is 19.8. The van der Waals surface area contributed by atoms with Gasteiger partial charge in [-0.2, -0.15) is 0 Å². The van der Waals surface area contributed by atoms with E-state index in [-0.39, 0.29) is 0 Å². The van der Waals surface area contributed by atoms with Gasteiger partial charge in [0, 0.05) is 18.8 Å². The van der Waals surface area contributed by atoms with E-state index in [1.54, 1.807) is 0 Å². The lowest BCUT2D eigenvalue weighted by molar-refractivity contribution is 0.117. The fourth-order valence-electron chi connectivity index (χ4n) is 3.10. The molecule has 2 heteroatoms. The summed E-state index contributed by atoms with van der Waals surface area (Å²) in [7, 11) is 0. The van der Waals surface area contributed by atoms with Gasteiger partial charge >= 0.3 is 0 Å². The van der Waals surface area contributed by atoms with E-state index in [4.69, 9.17) is 4.74 Å². The summed E-state index contributed by atoms with van der Waals surface area (Å²) in [5, 5.41) is 0. The minimum absolute atomic E-state index is 0.323. The molecule has 21 heavy (non-hydrogen) atoms. The second-order valence-corrected chi connectivity index (χ2v) is 5.57. The van der Waals surface area contributed by atoms with E-state index in [1.807, 2.05) is 0 Å². The molecule has 0 spiro atoms. The summed E-state index contributed by atoms with van der Waals surface area (Å²) in [5.41, 5.74) is 4.18. The molecule has 0 N–H and O–H groups in total. The zero-order valence-corrected chi connectivity index (χ0v) is 12.7. The number of anilines is 1. The van der Waals surface area contributed by atoms with Gasteiger partial charge in [0.15, 0.2) is 0 Å². The van der Waals surface area contributed by atoms with Gasteiger partial charge in [0.25, 0.3) is 0 Å². The van der Waals surface area contributed by atoms with Gasteiger partial charge in [-0.1, -0.05) is 49.4 Å². The first-order valence-electron chi connectivity index (χ1n) is 7.87. The molecule has 1 aliphatic rings. The van der Waals surface area contributed by atoms with Crippen LogP contribution in [0.3, 0.4) is 0 Å². The molecule has 0 aliphatic carbocycles. The van der Waals surface area contributed by atoms with Gasteiger partial charge in [-0.15, -0.1) is 0 Å². The van der Waals surface area contributed by atoms with E-state index < -0.39 is 0 Å². The molecule has 0 amide bonds. The molecule has 1 aliphatic heterocycles. The van der Waals surface area contributed by atoms with E-state index in [0.29, 0.717) is 6.04 Å². The molecule has 0 fully saturated rings. The van der Waals surface area contributed by atoms with Crippen molar-refractivity contribution in [2.24, 2.45) is 0 Å². The van der Waals surface area contributed by atoms with Crippen LogP contribution in [0, 0.1) is 0 Å². The lowest BCUT2D eigenvalue weighted by atomic mass is 9.92. The van der Waals surface area contributed by atoms with Crippen LogP contribution in [0.1, 0.15) is 30.5 Å². The van der Waals surface area contributed by atoms with Gasteiger partial charge in [-0.05, 0) is 36.1 Å². The Labute approximate surface area is 127 Å². The number of hydrogen-bond donors (Lipinski definition) is 0. The predicted octanol–water partition coefficient (Wildman–Crippen LogP) is 4.22. The first-order chi connectivity index (χ1) is 10.4. The zero-order chi connectivity index (χ0) is 14.5. The lowest BCUT2D eigenvalue weighted by Crippen LogP contribution is -2.38. The normalized spacial score (nSPS) is 17.6. The third-order valence-electron chi connectivity index (χ3n) is 4.12. The Bertz CT molecular complexity index is 567. The van der Waals surface area contributed by atoms with E-state index in [2.05, 4.69) is 66.4 Å². The minimum Gasteiger partial charge on any atom is -0.379 e. The number of nitrogens with zero attached hydrogens (tertiary/aromatic N) is 1. The van der Waals surface area contributed by atoms with Gasteiger partial charge in [-0.3, -0.25) is 0 Å². The molecule has 2 aromatic rings. The summed E-state index contributed by atoms with van der Waals surface area (Å²) in [4.78, 5) is 2.48. The highest BCUT2D eigenvalue weighted by Gasteiger charge is 2.27. The molecule has 3 rings (SSSR count). The van der Waals surface area contributed by atoms with E-state index in [0.717, 1.165) is 32.6 Å². The molecule has 110 valence electrons. The van der Waals surface area contributed by atoms with Crippen LogP contribution in [-0.4, -0.2) is 19.8 Å². The first kappa shape index (κ1) is 14.2. The van der Waals surface area contributed by atoms with E-state index >= 15 is 0 Å². The zero-order valence-electron chi connectivity index (χ0n) is 12.7. The monoisotopic (exact) mass is 281 g/mol. The summed E-state index contributed by atoms with van der Waals surface area (Å²) in [6.07, 6.45) is 2.18. The molecule has 0 saturated heterocycles. The molecule has 1 atom stereocenters. The maximum absolute atomic E-state index is 5.89. The van der Waals surface area contributed by atoms with Crippen LogP contribution in [0.15, 0.2) is 54.6 Å². The van der Waals surface area contributed by atoms with Crippen molar-refractivity contribution in [2.75, 3.05) is 24.7 Å². The van der Waals surface area contributed by atoms with E-state index in [9.17, 15) is 0 Å². The maximum Gasteiger partial charge on any atom is 0.0779 e. The Balaban J connectivity index is 1.89. The van der Waals surface area contributed by atoms with E-state index in [1.165, 1.54) is 16.8 Å². The van der Waals surface area contributed by atoms with Crippen molar-refractivity contribution in [1.29, 1.82) is 0 Å². The van der Waals surface area contributed by atoms with Crippen molar-refractivity contribution in [3.05, 3.63) is 65.7 Å². The Morgan fingerprint density at radius 1 is 1.05 bits per heavy atom. The quantitative estimate of drug-likeness (QED) is 0.761. The van der Waals surface area contributed by atoms with Gasteiger partial charge in [0.05, 0.1) is 12.6 Å². The maximum atomic E-state index is 5.89. The van der Waals surface area contributed by atoms with Gasteiger partial charge in [0.1, 0.15) is 0 Å². The number of benzene rings is 2. The van der Waals surface area contributed by atoms with Crippen molar-refractivity contribution in [2.45, 2.75) is 25.8 Å². The van der Waals surface area contributed by atoms with Crippen LogP contribution in [-0.2, 0) is 11.2 Å². The third kappa shape index (κ3) is 3.11. The van der Waals surface area contributed by atoms with Crippen LogP contribution in [0.2, 0.25) is 0 Å². The van der Waals surface area contributed by atoms with Gasteiger partial charge in [0.2, 0.25) is 0 Å². The average Bonchev–Trinajstić information content (AvgIpc) is 2.56. The molecule has 1 heterocycles. The molecule has 0 bridgehead atoms. The fourth-order valence-corrected chi connectivity index (χ4v) is 3.10. The van der Waals surface area contributed by atoms with Crippen molar-refractivity contribution in [3.63, 3.8) is 0 Å². The number of hydrogen-bond acceptors (Lipinski definition) is 2. The number of rotatable bonds is 5. The third-order valence-corrected chi connectivity index (χ3v) is 4.12. The standard InChI is InChI=1S/C19H23NO/c1-2-14-21-15-19-18-11-7-6-8-16(18)12-13-20(19)17-9-4-3-5-10-17/h3-11,19H,2,12-15H2,1H3. The molecule has 0 saturated carbocycles. The largest absolute Gasteiger partial charge is 0.379 e. The number of fused-ring (bicyclic) bond motifs is 1. The molecule has 1 unspecified atom stereocenters. The molecule has 2 aromatic carbocycles. The fraction of sp³-hybridized carbons (Fsp3) is 0.368. The Hall–Kier alpha value is -1.80. The number of ether oxygens (including phenoxy) is 1. The Morgan fingerprint density at radius 2 is 1.81 bits per heavy atom. The minimum atomic E-state index is 0.323. The molecular formula is C19H23NO. The highest BCUT2D eigenvalue weighted by molar-refractivity contribution is 5.52. The van der Waals surface area contributed by atoms with Gasteiger partial charge < -0.3 is 9.64 Å². The van der Waals surface area contributed by atoms with Crippen molar-refractivity contribution in [3.8, 4) is 0 Å². The van der Waals surface area contributed by atoms with Crippen molar-refractivity contribution >= 4 is 5.69 Å². The summed E-state index contributed by atoms with van der Waals surface area (Å²) in [6.45, 7) is 4.81. The smallest absolute Gasteiger partial charge is 0.0779 e. The number of para-hydroxylation sites is 1. The van der Waals surface area contributed by atoms with Crippen molar-refractivity contribution in [1.82, 2.24) is 0 Å². The summed E-state index contributed by atoms with van der Waals surface area (Å²) >= 11 is 0. The van der Waals surface area contributed by atoms with Crippen LogP contribution in [0.5, 0.6) is 0 Å². The van der Waals surface area contributed by atoms with Crippen LogP contribution >= 0.6 is 0 Å². The second-order valence-electron chi connectivity index (χ2n) is 5.57. The van der Waals surface area contributed by atoms with Gasteiger partial charge in [-0.25, -0.2) is 0 Å². The van der Waals surface area contributed by atoms with Crippen LogP contribution < -0.4 is 4.90 Å². The summed E-state index contributed by atoms with van der Waals surface area (Å²) < 4.78 is 5.89. The predicted molar refractivity (Wildman–Crippen MR) is 87.8 cm³/mol.